The molecule has 2 amide bonds. The Kier molecular flexibility index (Phi) is 8.42. The van der Waals surface area contributed by atoms with Crippen molar-refractivity contribution in [3.63, 3.8) is 0 Å². The van der Waals surface area contributed by atoms with Gasteiger partial charge in [-0.15, -0.1) is 0 Å². The normalized spacial score (nSPS) is 10.9. The summed E-state index contributed by atoms with van der Waals surface area (Å²) in [5, 5.41) is 15.7. The number of halogens is 1. The first kappa shape index (κ1) is 22.2. The van der Waals surface area contributed by atoms with Gasteiger partial charge in [0.2, 0.25) is 0 Å². The number of hydrogen-bond donors (Lipinski definition) is 2. The molecule has 7 nitrogen and oxygen atoms in total. The zero-order valence-electron chi connectivity index (χ0n) is 15.7. The van der Waals surface area contributed by atoms with E-state index in [-0.39, 0.29) is 30.6 Å². The Morgan fingerprint density at radius 1 is 1.10 bits per heavy atom. The van der Waals surface area contributed by atoms with Crippen LogP contribution in [-0.2, 0) is 9.59 Å². The molecule has 0 aliphatic carbocycles. The summed E-state index contributed by atoms with van der Waals surface area (Å²) >= 11 is 3.34. The van der Waals surface area contributed by atoms with Crippen LogP contribution in [0.1, 0.15) is 28.8 Å². The summed E-state index contributed by atoms with van der Waals surface area (Å²) in [5.41, 5.74) is 1.01. The van der Waals surface area contributed by atoms with Gasteiger partial charge in [0.25, 0.3) is 11.8 Å². The Hall–Kier alpha value is -3.13. The van der Waals surface area contributed by atoms with Gasteiger partial charge in [-0.25, -0.2) is 0 Å². The highest BCUT2D eigenvalue weighted by Crippen LogP contribution is 2.18. The lowest BCUT2D eigenvalue weighted by atomic mass is 10.1. The Labute approximate surface area is 176 Å². The minimum absolute atomic E-state index is 0.0247. The molecule has 0 fully saturated rings. The van der Waals surface area contributed by atoms with E-state index in [9.17, 15) is 19.5 Å². The molecule has 0 bridgehead atoms. The van der Waals surface area contributed by atoms with Crippen LogP contribution in [0.4, 0.5) is 0 Å². The van der Waals surface area contributed by atoms with E-state index in [0.29, 0.717) is 11.3 Å². The molecule has 0 saturated heterocycles. The van der Waals surface area contributed by atoms with Gasteiger partial charge in [-0.1, -0.05) is 40.2 Å². The molecule has 29 heavy (non-hydrogen) atoms. The number of ether oxygens (including phenoxy) is 1. The Morgan fingerprint density at radius 2 is 1.79 bits per heavy atom. The summed E-state index contributed by atoms with van der Waals surface area (Å²) in [4.78, 5) is 35.8. The fourth-order valence-electron chi connectivity index (χ4n) is 2.44. The number of carbonyl (C=O) groups excluding carboxylic acids is 3. The fourth-order valence-corrected chi connectivity index (χ4v) is 2.70. The quantitative estimate of drug-likeness (QED) is 0.439. The molecule has 0 saturated carbocycles. The van der Waals surface area contributed by atoms with Gasteiger partial charge >= 0.3 is 0 Å². The lowest BCUT2D eigenvalue weighted by Gasteiger charge is -2.13. The third-order valence-corrected chi connectivity index (χ3v) is 4.40. The van der Waals surface area contributed by atoms with E-state index in [1.807, 2.05) is 12.1 Å². The van der Waals surface area contributed by atoms with Crippen molar-refractivity contribution < 1.29 is 24.2 Å². The molecular formula is C21H20BrN2O5-. The average molecular weight is 460 g/mol. The Bertz CT molecular complexity index is 910. The van der Waals surface area contributed by atoms with Crippen molar-refractivity contribution in [1.82, 2.24) is 10.6 Å². The number of methoxy groups -OCH3 is 1. The third-order valence-electron chi connectivity index (χ3n) is 3.87. The van der Waals surface area contributed by atoms with E-state index in [4.69, 9.17) is 4.74 Å². The Morgan fingerprint density at radius 3 is 2.45 bits per heavy atom. The number of rotatable bonds is 9. The van der Waals surface area contributed by atoms with Crippen molar-refractivity contribution in [2.75, 3.05) is 13.7 Å². The summed E-state index contributed by atoms with van der Waals surface area (Å²) < 4.78 is 6.07. The molecule has 2 aromatic carbocycles. The molecule has 0 aliphatic heterocycles. The fraction of sp³-hybridized carbons (Fsp3) is 0.190. The number of carboxylic acids is 1. The summed E-state index contributed by atoms with van der Waals surface area (Å²) in [5.74, 6) is -1.85. The number of aliphatic carboxylic acids is 1. The Balaban J connectivity index is 2.21. The van der Waals surface area contributed by atoms with Gasteiger partial charge in [0.05, 0.1) is 12.7 Å². The predicted molar refractivity (Wildman–Crippen MR) is 110 cm³/mol. The lowest BCUT2D eigenvalue weighted by Crippen LogP contribution is -2.35. The van der Waals surface area contributed by atoms with E-state index < -0.39 is 17.8 Å². The lowest BCUT2D eigenvalue weighted by molar-refractivity contribution is -0.305. The standard InChI is InChI=1S/C21H21BrN2O5/c1-29-18-6-3-2-5-16(18)20(27)24-17(13-14-8-10-15(22)11-9-14)21(28)23-12-4-7-19(25)26/h2-3,5-6,8-11,13H,4,7,12H2,1H3,(H,23,28)(H,24,27)(H,25,26)/p-1/b17-13+. The van der Waals surface area contributed by atoms with Gasteiger partial charge in [0.1, 0.15) is 11.4 Å². The zero-order chi connectivity index (χ0) is 21.2. The summed E-state index contributed by atoms with van der Waals surface area (Å²) in [7, 11) is 1.45. The second kappa shape index (κ2) is 11.0. The molecule has 0 aromatic heterocycles. The highest BCUT2D eigenvalue weighted by Gasteiger charge is 2.17. The molecule has 2 aromatic rings. The van der Waals surface area contributed by atoms with Crippen LogP contribution in [0.3, 0.4) is 0 Å². The van der Waals surface area contributed by atoms with Crippen molar-refractivity contribution in [3.05, 3.63) is 69.8 Å². The molecule has 0 unspecified atom stereocenters. The number of carbonyl (C=O) groups is 3. The smallest absolute Gasteiger partial charge is 0.267 e. The number of hydrogen-bond acceptors (Lipinski definition) is 5. The monoisotopic (exact) mass is 459 g/mol. The zero-order valence-corrected chi connectivity index (χ0v) is 17.3. The number of amides is 2. The van der Waals surface area contributed by atoms with Gasteiger partial charge in [0, 0.05) is 17.0 Å². The van der Waals surface area contributed by atoms with Crippen LogP contribution >= 0.6 is 15.9 Å². The highest BCUT2D eigenvalue weighted by atomic mass is 79.9. The van der Waals surface area contributed by atoms with E-state index in [0.717, 1.165) is 4.47 Å². The van der Waals surface area contributed by atoms with Gasteiger partial charge in [-0.3, -0.25) is 9.59 Å². The molecular weight excluding hydrogens is 440 g/mol. The first-order valence-corrected chi connectivity index (χ1v) is 9.59. The van der Waals surface area contributed by atoms with Crippen molar-refractivity contribution >= 4 is 39.8 Å². The number of nitrogens with one attached hydrogen (secondary N) is 2. The highest BCUT2D eigenvalue weighted by molar-refractivity contribution is 9.10. The van der Waals surface area contributed by atoms with Crippen molar-refractivity contribution in [3.8, 4) is 5.75 Å². The molecule has 0 spiro atoms. The minimum atomic E-state index is -1.19. The maximum absolute atomic E-state index is 12.7. The average Bonchev–Trinajstić information content (AvgIpc) is 2.71. The minimum Gasteiger partial charge on any atom is -0.550 e. The van der Waals surface area contributed by atoms with Crippen molar-refractivity contribution in [1.29, 1.82) is 0 Å². The van der Waals surface area contributed by atoms with Crippen LogP contribution in [-0.4, -0.2) is 31.4 Å². The van der Waals surface area contributed by atoms with Gasteiger partial charge in [-0.05, 0) is 48.7 Å². The van der Waals surface area contributed by atoms with Crippen LogP contribution in [0.15, 0.2) is 58.7 Å². The second-order valence-electron chi connectivity index (χ2n) is 6.00. The molecule has 0 heterocycles. The summed E-state index contributed by atoms with van der Waals surface area (Å²) in [6, 6.07) is 13.8. The SMILES string of the molecule is COc1ccccc1C(=O)N/C(=C/c1ccc(Br)cc1)C(=O)NCCCC(=O)[O-]. The summed E-state index contributed by atoms with van der Waals surface area (Å²) in [6.07, 6.45) is 1.59. The number of carboxylic acid groups (broad SMARTS) is 1. The van der Waals surface area contributed by atoms with Crippen LogP contribution in [0.5, 0.6) is 5.75 Å². The van der Waals surface area contributed by atoms with Crippen molar-refractivity contribution in [2.45, 2.75) is 12.8 Å². The van der Waals surface area contributed by atoms with E-state index in [1.165, 1.54) is 13.2 Å². The maximum Gasteiger partial charge on any atom is 0.267 e. The van der Waals surface area contributed by atoms with Gasteiger partial charge < -0.3 is 25.3 Å². The number of benzene rings is 2. The van der Waals surface area contributed by atoms with Gasteiger partial charge in [-0.2, -0.15) is 0 Å². The molecule has 2 rings (SSSR count). The van der Waals surface area contributed by atoms with Crippen LogP contribution < -0.4 is 20.5 Å². The van der Waals surface area contributed by atoms with Crippen LogP contribution in [0.2, 0.25) is 0 Å². The van der Waals surface area contributed by atoms with E-state index in [2.05, 4.69) is 26.6 Å². The molecule has 152 valence electrons. The van der Waals surface area contributed by atoms with E-state index >= 15 is 0 Å². The first-order valence-electron chi connectivity index (χ1n) is 8.80. The topological polar surface area (TPSA) is 108 Å². The molecule has 8 heteroatoms. The van der Waals surface area contributed by atoms with Gasteiger partial charge in [0.15, 0.2) is 0 Å². The maximum atomic E-state index is 12.7. The van der Waals surface area contributed by atoms with Crippen LogP contribution in [0.25, 0.3) is 6.08 Å². The third kappa shape index (κ3) is 7.08. The first-order chi connectivity index (χ1) is 13.9. The summed E-state index contributed by atoms with van der Waals surface area (Å²) in [6.45, 7) is 0.134. The second-order valence-corrected chi connectivity index (χ2v) is 6.91. The van der Waals surface area contributed by atoms with E-state index in [1.54, 1.807) is 36.4 Å². The molecule has 2 N–H and O–H groups in total. The molecule has 0 aliphatic rings. The largest absolute Gasteiger partial charge is 0.550 e. The van der Waals surface area contributed by atoms with Crippen LogP contribution in [0, 0.1) is 0 Å². The number of para-hydroxylation sites is 1. The van der Waals surface area contributed by atoms with Crippen molar-refractivity contribution in [2.24, 2.45) is 0 Å². The predicted octanol–water partition coefficient (Wildman–Crippen LogP) is 1.87. The molecule has 0 atom stereocenters. The molecule has 0 radical (unpaired) electrons.